The van der Waals surface area contributed by atoms with Crippen LogP contribution in [0.4, 0.5) is 0 Å². The zero-order valence-electron chi connectivity index (χ0n) is 13.7. The van der Waals surface area contributed by atoms with Gasteiger partial charge in [0.25, 0.3) is 0 Å². The number of nitrogens with zero attached hydrogens (tertiary/aromatic N) is 2. The van der Waals surface area contributed by atoms with Crippen LogP contribution in [0.25, 0.3) is 11.0 Å². The fourth-order valence-corrected chi connectivity index (χ4v) is 3.01. The Morgan fingerprint density at radius 1 is 1.15 bits per heavy atom. The Kier molecular flexibility index (Phi) is 4.62. The van der Waals surface area contributed by atoms with Gasteiger partial charge in [0.2, 0.25) is 5.76 Å². The number of hydrogen-bond donors (Lipinski definition) is 0. The summed E-state index contributed by atoms with van der Waals surface area (Å²) >= 11 is 3.43. The number of halogens is 1. The van der Waals surface area contributed by atoms with Gasteiger partial charge < -0.3 is 13.6 Å². The molecule has 0 atom stereocenters. The maximum atomic E-state index is 12.1. The molecule has 0 aliphatic heterocycles. The van der Waals surface area contributed by atoms with Crippen LogP contribution in [0.3, 0.4) is 0 Å². The van der Waals surface area contributed by atoms with Crippen LogP contribution in [0.2, 0.25) is 0 Å². The van der Waals surface area contributed by atoms with Crippen LogP contribution < -0.4 is 0 Å². The lowest BCUT2D eigenvalue weighted by molar-refractivity contribution is 0.0466. The van der Waals surface area contributed by atoms with Gasteiger partial charge in [-0.3, -0.25) is 4.68 Å². The van der Waals surface area contributed by atoms with Crippen LogP contribution in [0.5, 0.6) is 0 Å². The van der Waals surface area contributed by atoms with E-state index in [4.69, 9.17) is 13.6 Å². The molecule has 0 fully saturated rings. The van der Waals surface area contributed by atoms with Crippen molar-refractivity contribution in [2.45, 2.75) is 13.0 Å². The highest BCUT2D eigenvalue weighted by Crippen LogP contribution is 2.23. The highest BCUT2D eigenvalue weighted by atomic mass is 79.9. The molecule has 132 valence electrons. The number of carbonyl (C=O) groups excluding carboxylic acids is 1. The summed E-state index contributed by atoms with van der Waals surface area (Å²) in [5, 5.41) is 5.11. The van der Waals surface area contributed by atoms with Gasteiger partial charge in [0.1, 0.15) is 17.1 Å². The molecule has 0 amide bonds. The van der Waals surface area contributed by atoms with E-state index in [0.717, 1.165) is 21.2 Å². The first-order chi connectivity index (χ1) is 12.7. The summed E-state index contributed by atoms with van der Waals surface area (Å²) in [4.78, 5) is 12.1. The van der Waals surface area contributed by atoms with Crippen molar-refractivity contribution in [2.24, 2.45) is 0 Å². The SMILES string of the molecule is O=C(OCCc1cc2cc(Br)ccc2o1)c1ccc(Cn2cccn2)o1. The largest absolute Gasteiger partial charge is 0.461 e. The van der Waals surface area contributed by atoms with Crippen molar-refractivity contribution in [1.29, 1.82) is 0 Å². The Hall–Kier alpha value is -2.80. The van der Waals surface area contributed by atoms with E-state index in [9.17, 15) is 4.79 Å². The van der Waals surface area contributed by atoms with Crippen molar-refractivity contribution in [3.63, 3.8) is 0 Å². The van der Waals surface area contributed by atoms with Crippen LogP contribution in [-0.4, -0.2) is 22.4 Å². The van der Waals surface area contributed by atoms with Crippen LogP contribution in [0.15, 0.2) is 68.2 Å². The average molecular weight is 415 g/mol. The van der Waals surface area contributed by atoms with Crippen LogP contribution in [0, 0.1) is 0 Å². The monoisotopic (exact) mass is 414 g/mol. The number of carbonyl (C=O) groups is 1. The summed E-state index contributed by atoms with van der Waals surface area (Å²) in [6.07, 6.45) is 4.01. The number of hydrogen-bond acceptors (Lipinski definition) is 5. The van der Waals surface area contributed by atoms with E-state index in [-0.39, 0.29) is 12.4 Å². The number of fused-ring (bicyclic) bond motifs is 1. The molecule has 0 aliphatic carbocycles. The predicted octanol–water partition coefficient (Wildman–Crippen LogP) is 4.43. The Balaban J connectivity index is 1.32. The quantitative estimate of drug-likeness (QED) is 0.436. The third-order valence-corrected chi connectivity index (χ3v) is 4.34. The van der Waals surface area contributed by atoms with E-state index >= 15 is 0 Å². The fraction of sp³-hybridized carbons (Fsp3) is 0.158. The van der Waals surface area contributed by atoms with E-state index in [1.807, 2.05) is 36.5 Å². The molecule has 7 heteroatoms. The van der Waals surface area contributed by atoms with Gasteiger partial charge in [0.15, 0.2) is 0 Å². The van der Waals surface area contributed by atoms with Gasteiger partial charge in [-0.15, -0.1) is 0 Å². The molecule has 0 saturated carbocycles. The molecule has 4 aromatic rings. The summed E-state index contributed by atoms with van der Waals surface area (Å²) in [5.74, 6) is 1.10. The first-order valence-corrected chi connectivity index (χ1v) is 8.88. The van der Waals surface area contributed by atoms with Gasteiger partial charge in [0.05, 0.1) is 13.2 Å². The number of ether oxygens (including phenoxy) is 1. The summed E-state index contributed by atoms with van der Waals surface area (Å²) in [6.45, 7) is 0.684. The molecule has 26 heavy (non-hydrogen) atoms. The summed E-state index contributed by atoms with van der Waals surface area (Å²) in [5.41, 5.74) is 0.809. The molecule has 3 aromatic heterocycles. The normalized spacial score (nSPS) is 11.1. The number of furan rings is 2. The van der Waals surface area contributed by atoms with Crippen LogP contribution >= 0.6 is 15.9 Å². The van der Waals surface area contributed by atoms with Gasteiger partial charge in [-0.05, 0) is 42.5 Å². The molecule has 0 spiro atoms. The van der Waals surface area contributed by atoms with Crippen LogP contribution in [-0.2, 0) is 17.7 Å². The van der Waals surface area contributed by atoms with Crippen molar-refractivity contribution in [2.75, 3.05) is 6.61 Å². The molecule has 0 radical (unpaired) electrons. The van der Waals surface area contributed by atoms with Gasteiger partial charge >= 0.3 is 5.97 Å². The zero-order valence-corrected chi connectivity index (χ0v) is 15.3. The third kappa shape index (κ3) is 3.72. The van der Waals surface area contributed by atoms with Crippen molar-refractivity contribution >= 4 is 32.9 Å². The van der Waals surface area contributed by atoms with E-state index in [1.165, 1.54) is 0 Å². The summed E-state index contributed by atoms with van der Waals surface area (Å²) in [7, 11) is 0. The molecule has 0 unspecified atom stereocenters. The lowest BCUT2D eigenvalue weighted by Crippen LogP contribution is -2.07. The minimum absolute atomic E-state index is 0.181. The zero-order chi connectivity index (χ0) is 17.9. The Morgan fingerprint density at radius 2 is 2.08 bits per heavy atom. The van der Waals surface area contributed by atoms with E-state index in [1.54, 1.807) is 23.0 Å². The molecule has 1 aromatic carbocycles. The second-order valence-corrected chi connectivity index (χ2v) is 6.67. The maximum absolute atomic E-state index is 12.1. The highest BCUT2D eigenvalue weighted by molar-refractivity contribution is 9.10. The lowest BCUT2D eigenvalue weighted by atomic mass is 10.2. The molecule has 0 N–H and O–H groups in total. The predicted molar refractivity (Wildman–Crippen MR) is 97.9 cm³/mol. The van der Waals surface area contributed by atoms with E-state index in [0.29, 0.717) is 18.7 Å². The molecule has 3 heterocycles. The lowest BCUT2D eigenvalue weighted by Gasteiger charge is -2.01. The van der Waals surface area contributed by atoms with Gasteiger partial charge in [-0.2, -0.15) is 5.10 Å². The van der Waals surface area contributed by atoms with Gasteiger partial charge in [0, 0.05) is 28.7 Å². The van der Waals surface area contributed by atoms with Gasteiger partial charge in [-0.1, -0.05) is 15.9 Å². The first-order valence-electron chi connectivity index (χ1n) is 8.08. The molecule has 0 saturated heterocycles. The third-order valence-electron chi connectivity index (χ3n) is 3.85. The number of esters is 1. The number of rotatable bonds is 6. The minimum Gasteiger partial charge on any atom is -0.461 e. The Labute approximate surface area is 157 Å². The van der Waals surface area contributed by atoms with Gasteiger partial charge in [-0.25, -0.2) is 4.79 Å². The average Bonchev–Trinajstić information content (AvgIpc) is 3.35. The molecule has 4 rings (SSSR count). The molecule has 0 aliphatic rings. The van der Waals surface area contributed by atoms with Crippen molar-refractivity contribution < 1.29 is 18.4 Å². The van der Waals surface area contributed by atoms with Crippen molar-refractivity contribution in [1.82, 2.24) is 9.78 Å². The minimum atomic E-state index is -0.490. The first kappa shape index (κ1) is 16.7. The molecular weight excluding hydrogens is 400 g/mol. The second-order valence-electron chi connectivity index (χ2n) is 5.75. The molecule has 0 bridgehead atoms. The summed E-state index contributed by atoms with van der Waals surface area (Å²) in [6, 6.07) is 12.9. The number of benzene rings is 1. The smallest absolute Gasteiger partial charge is 0.374 e. The second kappa shape index (κ2) is 7.21. The Morgan fingerprint density at radius 3 is 2.92 bits per heavy atom. The molecular formula is C19H15BrN2O4. The summed E-state index contributed by atoms with van der Waals surface area (Å²) < 4.78 is 19.2. The topological polar surface area (TPSA) is 70.4 Å². The highest BCUT2D eigenvalue weighted by Gasteiger charge is 2.14. The fourth-order valence-electron chi connectivity index (χ4n) is 2.63. The Bertz CT molecular complexity index is 1030. The molecule has 6 nitrogen and oxygen atoms in total. The van der Waals surface area contributed by atoms with Crippen molar-refractivity contribution in [3.8, 4) is 0 Å². The number of aromatic nitrogens is 2. The standard InChI is InChI=1S/C19H15BrN2O4/c20-14-2-4-17-13(10-14)11-15(25-17)6-9-24-19(23)18-5-3-16(26-18)12-22-8-1-7-21-22/h1-5,7-8,10-11H,6,9,12H2. The maximum Gasteiger partial charge on any atom is 0.374 e. The van der Waals surface area contributed by atoms with Crippen LogP contribution in [0.1, 0.15) is 22.1 Å². The van der Waals surface area contributed by atoms with E-state index in [2.05, 4.69) is 21.0 Å². The van der Waals surface area contributed by atoms with E-state index < -0.39 is 5.97 Å². The van der Waals surface area contributed by atoms with Crippen molar-refractivity contribution in [3.05, 3.63) is 76.6 Å².